The first-order valence-corrected chi connectivity index (χ1v) is 7.64. The summed E-state index contributed by atoms with van der Waals surface area (Å²) >= 11 is 0. The Bertz CT molecular complexity index is 439. The number of amides is 2. The van der Waals surface area contributed by atoms with E-state index in [-0.39, 0.29) is 18.2 Å². The van der Waals surface area contributed by atoms with Gasteiger partial charge in [0.05, 0.1) is 0 Å². The van der Waals surface area contributed by atoms with Crippen molar-refractivity contribution in [2.24, 2.45) is 0 Å². The number of carbonyl (C=O) groups excluding carboxylic acids is 2. The van der Waals surface area contributed by atoms with Crippen molar-refractivity contribution in [3.05, 3.63) is 35.9 Å². The van der Waals surface area contributed by atoms with Crippen LogP contribution >= 0.6 is 0 Å². The van der Waals surface area contributed by atoms with E-state index in [0.29, 0.717) is 6.54 Å². The lowest BCUT2D eigenvalue weighted by atomic mass is 10.2. The molecule has 0 radical (unpaired) electrons. The second kappa shape index (κ2) is 9.16. The van der Waals surface area contributed by atoms with E-state index in [0.717, 1.165) is 31.5 Å². The summed E-state index contributed by atoms with van der Waals surface area (Å²) in [5.74, 6) is -0.190. The van der Waals surface area contributed by atoms with Crippen molar-refractivity contribution in [3.63, 3.8) is 0 Å². The Morgan fingerprint density at radius 1 is 0.952 bits per heavy atom. The lowest BCUT2D eigenvalue weighted by molar-refractivity contribution is -0.140. The van der Waals surface area contributed by atoms with Gasteiger partial charge in [0, 0.05) is 26.7 Å². The van der Waals surface area contributed by atoms with E-state index in [1.807, 2.05) is 44.2 Å². The molecule has 0 unspecified atom stereocenters. The van der Waals surface area contributed by atoms with E-state index >= 15 is 0 Å². The lowest BCUT2D eigenvalue weighted by Crippen LogP contribution is -2.37. The molecule has 4 heteroatoms. The van der Waals surface area contributed by atoms with E-state index < -0.39 is 0 Å². The van der Waals surface area contributed by atoms with Crippen molar-refractivity contribution in [1.29, 1.82) is 0 Å². The third-order valence-electron chi connectivity index (χ3n) is 3.33. The Morgan fingerprint density at radius 3 is 2.05 bits per heavy atom. The highest BCUT2D eigenvalue weighted by atomic mass is 16.2. The van der Waals surface area contributed by atoms with Gasteiger partial charge in [0.15, 0.2) is 0 Å². The quantitative estimate of drug-likeness (QED) is 0.691. The smallest absolute Gasteiger partial charge is 0.232 e. The highest BCUT2D eigenvalue weighted by Crippen LogP contribution is 2.06. The fourth-order valence-corrected chi connectivity index (χ4v) is 2.22. The first-order chi connectivity index (χ1) is 10.1. The number of nitrogens with zero attached hydrogens (tertiary/aromatic N) is 2. The Labute approximate surface area is 127 Å². The normalized spacial score (nSPS) is 10.2. The summed E-state index contributed by atoms with van der Waals surface area (Å²) in [5.41, 5.74) is 1.07. The maximum absolute atomic E-state index is 12.2. The van der Waals surface area contributed by atoms with Gasteiger partial charge in [-0.3, -0.25) is 9.59 Å². The molecule has 21 heavy (non-hydrogen) atoms. The fourth-order valence-electron chi connectivity index (χ4n) is 2.22. The Balaban J connectivity index is 2.52. The number of benzene rings is 1. The maximum atomic E-state index is 12.2. The summed E-state index contributed by atoms with van der Waals surface area (Å²) in [4.78, 5) is 27.7. The molecule has 0 saturated heterocycles. The van der Waals surface area contributed by atoms with Gasteiger partial charge in [0.1, 0.15) is 6.42 Å². The molecule has 0 aromatic heterocycles. The minimum atomic E-state index is -0.124. The van der Waals surface area contributed by atoms with Crippen LogP contribution in [-0.4, -0.2) is 41.8 Å². The molecule has 1 rings (SSSR count). The van der Waals surface area contributed by atoms with Crippen LogP contribution in [0.1, 0.15) is 38.7 Å². The first kappa shape index (κ1) is 17.2. The largest absolute Gasteiger partial charge is 0.342 e. The molecule has 0 fully saturated rings. The monoisotopic (exact) mass is 290 g/mol. The SMILES string of the molecule is CCCN(CCC)C(=O)CC(=O)N(C)Cc1ccccc1. The zero-order valence-corrected chi connectivity index (χ0v) is 13.3. The Morgan fingerprint density at radius 2 is 1.52 bits per heavy atom. The molecule has 0 heterocycles. The number of carbonyl (C=O) groups is 2. The predicted octanol–water partition coefficient (Wildman–Crippen LogP) is 2.68. The van der Waals surface area contributed by atoms with Gasteiger partial charge in [0.25, 0.3) is 0 Å². The zero-order chi connectivity index (χ0) is 15.7. The van der Waals surface area contributed by atoms with Gasteiger partial charge in [-0.05, 0) is 18.4 Å². The topological polar surface area (TPSA) is 40.6 Å². The van der Waals surface area contributed by atoms with Gasteiger partial charge >= 0.3 is 0 Å². The van der Waals surface area contributed by atoms with Gasteiger partial charge < -0.3 is 9.80 Å². The van der Waals surface area contributed by atoms with Crippen LogP contribution in [-0.2, 0) is 16.1 Å². The molecule has 116 valence electrons. The van der Waals surface area contributed by atoms with Crippen LogP contribution in [0.3, 0.4) is 0 Å². The molecular formula is C17H26N2O2. The van der Waals surface area contributed by atoms with Gasteiger partial charge in [-0.25, -0.2) is 0 Å². The average molecular weight is 290 g/mol. The highest BCUT2D eigenvalue weighted by Gasteiger charge is 2.18. The van der Waals surface area contributed by atoms with E-state index in [1.54, 1.807) is 16.8 Å². The summed E-state index contributed by atoms with van der Waals surface area (Å²) in [6, 6.07) is 9.80. The third kappa shape index (κ3) is 5.98. The molecule has 4 nitrogen and oxygen atoms in total. The minimum absolute atomic E-state index is 0.0384. The molecular weight excluding hydrogens is 264 g/mol. The van der Waals surface area contributed by atoms with E-state index in [2.05, 4.69) is 0 Å². The van der Waals surface area contributed by atoms with Crippen LogP contribution in [0.5, 0.6) is 0 Å². The summed E-state index contributed by atoms with van der Waals surface area (Å²) in [7, 11) is 1.74. The van der Waals surface area contributed by atoms with Crippen molar-refractivity contribution in [3.8, 4) is 0 Å². The highest BCUT2D eigenvalue weighted by molar-refractivity contribution is 5.96. The molecule has 0 aliphatic heterocycles. The molecule has 0 bridgehead atoms. The zero-order valence-electron chi connectivity index (χ0n) is 13.3. The van der Waals surface area contributed by atoms with Crippen LogP contribution in [0.25, 0.3) is 0 Å². The van der Waals surface area contributed by atoms with Crippen LogP contribution in [0.2, 0.25) is 0 Å². The van der Waals surface area contributed by atoms with Crippen LogP contribution in [0.4, 0.5) is 0 Å². The van der Waals surface area contributed by atoms with E-state index in [9.17, 15) is 9.59 Å². The predicted molar refractivity (Wildman–Crippen MR) is 84.7 cm³/mol. The molecule has 0 saturated carbocycles. The van der Waals surface area contributed by atoms with E-state index in [4.69, 9.17) is 0 Å². The molecule has 0 N–H and O–H groups in total. The number of hydrogen-bond donors (Lipinski definition) is 0. The van der Waals surface area contributed by atoms with Crippen LogP contribution < -0.4 is 0 Å². The maximum Gasteiger partial charge on any atom is 0.232 e. The third-order valence-corrected chi connectivity index (χ3v) is 3.33. The molecule has 1 aromatic rings. The second-order valence-electron chi connectivity index (χ2n) is 5.29. The van der Waals surface area contributed by atoms with Crippen molar-refractivity contribution in [2.45, 2.75) is 39.7 Å². The Hall–Kier alpha value is -1.84. The average Bonchev–Trinajstić information content (AvgIpc) is 2.47. The van der Waals surface area contributed by atoms with Crippen LogP contribution in [0.15, 0.2) is 30.3 Å². The Kier molecular flexibility index (Phi) is 7.51. The van der Waals surface area contributed by atoms with Crippen molar-refractivity contribution in [2.75, 3.05) is 20.1 Å². The summed E-state index contributed by atoms with van der Waals surface area (Å²) in [6.45, 7) is 6.07. The minimum Gasteiger partial charge on any atom is -0.342 e. The summed E-state index contributed by atoms with van der Waals surface area (Å²) in [6.07, 6.45) is 1.79. The van der Waals surface area contributed by atoms with Crippen molar-refractivity contribution in [1.82, 2.24) is 9.80 Å². The lowest BCUT2D eigenvalue weighted by Gasteiger charge is -2.23. The van der Waals surface area contributed by atoms with E-state index in [1.165, 1.54) is 0 Å². The molecule has 0 spiro atoms. The molecule has 2 amide bonds. The van der Waals surface area contributed by atoms with Crippen molar-refractivity contribution >= 4 is 11.8 Å². The summed E-state index contributed by atoms with van der Waals surface area (Å²) in [5, 5.41) is 0. The second-order valence-corrected chi connectivity index (χ2v) is 5.29. The standard InChI is InChI=1S/C17H26N2O2/c1-4-11-19(12-5-2)17(21)13-16(20)18(3)14-15-9-7-6-8-10-15/h6-10H,4-5,11-14H2,1-3H3. The molecule has 0 aliphatic rings. The molecule has 1 aromatic carbocycles. The first-order valence-electron chi connectivity index (χ1n) is 7.64. The molecule has 0 aliphatic carbocycles. The van der Waals surface area contributed by atoms with Crippen LogP contribution in [0, 0.1) is 0 Å². The fraction of sp³-hybridized carbons (Fsp3) is 0.529. The number of rotatable bonds is 8. The number of hydrogen-bond acceptors (Lipinski definition) is 2. The van der Waals surface area contributed by atoms with Gasteiger partial charge in [0.2, 0.25) is 11.8 Å². The van der Waals surface area contributed by atoms with Crippen molar-refractivity contribution < 1.29 is 9.59 Å². The summed E-state index contributed by atoms with van der Waals surface area (Å²) < 4.78 is 0. The van der Waals surface area contributed by atoms with Gasteiger partial charge in [-0.15, -0.1) is 0 Å². The van der Waals surface area contributed by atoms with Gasteiger partial charge in [-0.2, -0.15) is 0 Å². The molecule has 0 atom stereocenters. The van der Waals surface area contributed by atoms with Gasteiger partial charge in [-0.1, -0.05) is 44.2 Å².